The maximum Gasteiger partial charge on any atom is 0.132 e. The molecule has 2 rings (SSSR count). The van der Waals surface area contributed by atoms with Crippen LogP contribution in [0.15, 0.2) is 42.5 Å². The first-order valence-corrected chi connectivity index (χ1v) is 5.26. The van der Waals surface area contributed by atoms with Crippen LogP contribution in [0.2, 0.25) is 0 Å². The van der Waals surface area contributed by atoms with Crippen LogP contribution in [0.1, 0.15) is 11.1 Å². The quantitative estimate of drug-likeness (QED) is 0.772. The number of benzene rings is 2. The summed E-state index contributed by atoms with van der Waals surface area (Å²) >= 11 is 0. The number of nitrogens with two attached hydrogens (primary N) is 1. The van der Waals surface area contributed by atoms with Crippen molar-refractivity contribution in [1.82, 2.24) is 0 Å². The van der Waals surface area contributed by atoms with Crippen molar-refractivity contribution >= 4 is 5.69 Å². The van der Waals surface area contributed by atoms with Gasteiger partial charge in [0.25, 0.3) is 0 Å². The Balaban J connectivity index is 2.27. The van der Waals surface area contributed by atoms with Gasteiger partial charge in [-0.1, -0.05) is 23.8 Å². The summed E-state index contributed by atoms with van der Waals surface area (Å²) in [5.74, 6) is 1.64. The van der Waals surface area contributed by atoms with Crippen molar-refractivity contribution in [3.63, 3.8) is 0 Å². The molecule has 0 bridgehead atoms. The molecule has 2 nitrogen and oxygen atoms in total. The summed E-state index contributed by atoms with van der Waals surface area (Å²) in [6.07, 6.45) is 0. The summed E-state index contributed by atoms with van der Waals surface area (Å²) in [6, 6.07) is 13.7. The zero-order chi connectivity index (χ0) is 11.5. The van der Waals surface area contributed by atoms with E-state index in [1.54, 1.807) is 0 Å². The first-order chi connectivity index (χ1) is 7.66. The molecule has 0 atom stereocenters. The highest BCUT2D eigenvalue weighted by atomic mass is 16.5. The molecule has 0 radical (unpaired) electrons. The maximum atomic E-state index is 5.82. The van der Waals surface area contributed by atoms with Crippen molar-refractivity contribution in [3.8, 4) is 11.5 Å². The minimum Gasteiger partial charge on any atom is -0.457 e. The number of hydrogen-bond acceptors (Lipinski definition) is 2. The highest BCUT2D eigenvalue weighted by Gasteiger charge is 2.03. The Morgan fingerprint density at radius 2 is 1.62 bits per heavy atom. The molecule has 0 saturated heterocycles. The van der Waals surface area contributed by atoms with Crippen LogP contribution >= 0.6 is 0 Å². The monoisotopic (exact) mass is 213 g/mol. The van der Waals surface area contributed by atoms with Gasteiger partial charge in [0, 0.05) is 11.3 Å². The third-order valence-corrected chi connectivity index (χ3v) is 2.57. The summed E-state index contributed by atoms with van der Waals surface area (Å²) in [5.41, 5.74) is 8.77. The van der Waals surface area contributed by atoms with Gasteiger partial charge in [0.15, 0.2) is 0 Å². The fraction of sp³-hybridized carbons (Fsp3) is 0.143. The van der Waals surface area contributed by atoms with Crippen LogP contribution in [-0.4, -0.2) is 0 Å². The molecule has 0 aliphatic rings. The lowest BCUT2D eigenvalue weighted by Gasteiger charge is -2.10. The molecule has 0 aliphatic carbocycles. The van der Waals surface area contributed by atoms with Gasteiger partial charge in [-0.3, -0.25) is 0 Å². The molecule has 82 valence electrons. The first-order valence-electron chi connectivity index (χ1n) is 5.26. The van der Waals surface area contributed by atoms with Crippen molar-refractivity contribution in [3.05, 3.63) is 53.6 Å². The second kappa shape index (κ2) is 4.27. The van der Waals surface area contributed by atoms with Gasteiger partial charge in [-0.2, -0.15) is 0 Å². The largest absolute Gasteiger partial charge is 0.457 e. The number of aryl methyl sites for hydroxylation is 1. The standard InChI is InChI=1S/C14H15NO/c1-10-6-8-12(9-7-10)16-14-5-3-4-13(15)11(14)2/h3-9H,15H2,1-2H3. The summed E-state index contributed by atoms with van der Waals surface area (Å²) in [6.45, 7) is 4.01. The predicted octanol–water partition coefficient (Wildman–Crippen LogP) is 3.68. The molecule has 16 heavy (non-hydrogen) atoms. The van der Waals surface area contributed by atoms with Gasteiger partial charge in [0.05, 0.1) is 0 Å². The number of hydrogen-bond donors (Lipinski definition) is 1. The average Bonchev–Trinajstić information content (AvgIpc) is 2.28. The summed E-state index contributed by atoms with van der Waals surface area (Å²) in [4.78, 5) is 0. The zero-order valence-corrected chi connectivity index (χ0v) is 9.53. The summed E-state index contributed by atoms with van der Waals surface area (Å²) in [7, 11) is 0. The number of ether oxygens (including phenoxy) is 1. The van der Waals surface area contributed by atoms with Crippen LogP contribution in [0.3, 0.4) is 0 Å². The molecule has 2 aromatic rings. The maximum absolute atomic E-state index is 5.82. The van der Waals surface area contributed by atoms with E-state index in [2.05, 4.69) is 6.92 Å². The van der Waals surface area contributed by atoms with Crippen LogP contribution < -0.4 is 10.5 Å². The minimum atomic E-state index is 0.754. The van der Waals surface area contributed by atoms with Gasteiger partial charge in [0.2, 0.25) is 0 Å². The highest BCUT2D eigenvalue weighted by molar-refractivity contribution is 5.54. The molecule has 0 unspecified atom stereocenters. The molecular formula is C14H15NO. The Kier molecular flexibility index (Phi) is 2.82. The normalized spacial score (nSPS) is 10.1. The van der Waals surface area contributed by atoms with Gasteiger partial charge in [-0.15, -0.1) is 0 Å². The Morgan fingerprint density at radius 1 is 0.938 bits per heavy atom. The fourth-order valence-corrected chi connectivity index (χ4v) is 1.48. The van der Waals surface area contributed by atoms with Crippen LogP contribution in [0, 0.1) is 13.8 Å². The van der Waals surface area contributed by atoms with E-state index in [1.807, 2.05) is 49.4 Å². The summed E-state index contributed by atoms with van der Waals surface area (Å²) < 4.78 is 5.76. The molecule has 0 fully saturated rings. The van der Waals surface area contributed by atoms with Gasteiger partial charge in [-0.25, -0.2) is 0 Å². The predicted molar refractivity (Wildman–Crippen MR) is 66.8 cm³/mol. The third-order valence-electron chi connectivity index (χ3n) is 2.57. The van der Waals surface area contributed by atoms with Crippen LogP contribution in [0.5, 0.6) is 11.5 Å². The van der Waals surface area contributed by atoms with E-state index in [0.717, 1.165) is 22.7 Å². The van der Waals surface area contributed by atoms with E-state index >= 15 is 0 Å². The molecule has 2 aromatic carbocycles. The van der Waals surface area contributed by atoms with E-state index in [-0.39, 0.29) is 0 Å². The second-order valence-corrected chi connectivity index (χ2v) is 3.89. The molecule has 0 amide bonds. The highest BCUT2D eigenvalue weighted by Crippen LogP contribution is 2.28. The van der Waals surface area contributed by atoms with E-state index in [4.69, 9.17) is 10.5 Å². The van der Waals surface area contributed by atoms with Gasteiger partial charge in [0.1, 0.15) is 11.5 Å². The van der Waals surface area contributed by atoms with Crippen LogP contribution in [-0.2, 0) is 0 Å². The lowest BCUT2D eigenvalue weighted by molar-refractivity contribution is 0.479. The van der Waals surface area contributed by atoms with E-state index in [1.165, 1.54) is 5.56 Å². The lowest BCUT2D eigenvalue weighted by Crippen LogP contribution is -1.93. The van der Waals surface area contributed by atoms with E-state index < -0.39 is 0 Å². The van der Waals surface area contributed by atoms with E-state index in [9.17, 15) is 0 Å². The topological polar surface area (TPSA) is 35.2 Å². The molecule has 2 N–H and O–H groups in total. The SMILES string of the molecule is Cc1ccc(Oc2cccc(N)c2C)cc1. The van der Waals surface area contributed by atoms with Crippen molar-refractivity contribution < 1.29 is 4.74 Å². The fourth-order valence-electron chi connectivity index (χ4n) is 1.48. The molecule has 0 aromatic heterocycles. The van der Waals surface area contributed by atoms with Crippen molar-refractivity contribution in [2.75, 3.05) is 5.73 Å². The third kappa shape index (κ3) is 2.16. The molecule has 2 heteroatoms. The molecule has 0 spiro atoms. The Hall–Kier alpha value is -1.96. The first kappa shape index (κ1) is 10.6. The lowest BCUT2D eigenvalue weighted by atomic mass is 10.2. The van der Waals surface area contributed by atoms with Crippen LogP contribution in [0.25, 0.3) is 0 Å². The van der Waals surface area contributed by atoms with Gasteiger partial charge < -0.3 is 10.5 Å². The van der Waals surface area contributed by atoms with Crippen molar-refractivity contribution in [1.29, 1.82) is 0 Å². The molecule has 0 heterocycles. The zero-order valence-electron chi connectivity index (χ0n) is 9.53. The Bertz CT molecular complexity index is 489. The van der Waals surface area contributed by atoms with Crippen molar-refractivity contribution in [2.45, 2.75) is 13.8 Å². The van der Waals surface area contributed by atoms with E-state index in [0.29, 0.717) is 0 Å². The minimum absolute atomic E-state index is 0.754. The number of rotatable bonds is 2. The van der Waals surface area contributed by atoms with Gasteiger partial charge >= 0.3 is 0 Å². The van der Waals surface area contributed by atoms with Crippen LogP contribution in [0.4, 0.5) is 5.69 Å². The number of anilines is 1. The average molecular weight is 213 g/mol. The van der Waals surface area contributed by atoms with Crippen molar-refractivity contribution in [2.24, 2.45) is 0 Å². The Labute approximate surface area is 95.7 Å². The smallest absolute Gasteiger partial charge is 0.132 e. The Morgan fingerprint density at radius 3 is 2.31 bits per heavy atom. The van der Waals surface area contributed by atoms with Gasteiger partial charge in [-0.05, 0) is 38.1 Å². The second-order valence-electron chi connectivity index (χ2n) is 3.89. The molecular weight excluding hydrogens is 198 g/mol. The number of nitrogen functional groups attached to an aromatic ring is 1. The molecule has 0 aliphatic heterocycles. The summed E-state index contributed by atoms with van der Waals surface area (Å²) in [5, 5.41) is 0. The molecule has 0 saturated carbocycles.